The monoisotopic (exact) mass is 566 g/mol. The summed E-state index contributed by atoms with van der Waals surface area (Å²) in [5.41, 5.74) is 3.24. The maximum atomic E-state index is 12.1. The molecule has 180 valence electrons. The maximum absolute atomic E-state index is 12.1. The van der Waals surface area contributed by atoms with E-state index in [-0.39, 0.29) is 29.9 Å². The molecule has 0 saturated carbocycles. The number of piperidine rings is 1. The molecular formula is C25H35IN4O3. The van der Waals surface area contributed by atoms with E-state index in [1.54, 1.807) is 14.2 Å². The van der Waals surface area contributed by atoms with Crippen molar-refractivity contribution in [2.45, 2.75) is 39.2 Å². The fourth-order valence-electron chi connectivity index (χ4n) is 3.73. The number of halogens is 1. The molecule has 7 nitrogen and oxygen atoms in total. The molecule has 2 N–H and O–H groups in total. The first-order valence-corrected chi connectivity index (χ1v) is 11.3. The highest BCUT2D eigenvalue weighted by molar-refractivity contribution is 14.0. The van der Waals surface area contributed by atoms with E-state index in [9.17, 15) is 4.79 Å². The number of methoxy groups -OCH3 is 2. The summed E-state index contributed by atoms with van der Waals surface area (Å²) in [6, 6.07) is 14.1. The molecule has 8 heteroatoms. The smallest absolute Gasteiger partial charge is 0.226 e. The van der Waals surface area contributed by atoms with Gasteiger partial charge in [0.2, 0.25) is 5.91 Å². The zero-order valence-corrected chi connectivity index (χ0v) is 22.1. The number of ether oxygens (including phenoxy) is 2. The van der Waals surface area contributed by atoms with E-state index in [1.165, 1.54) is 0 Å². The standard InChI is InChI=1S/C25H34N4O3.HI/c1-4-26-25(27-15-14-19-10-13-22(31-2)23(17-19)32-3)28-18-20-8-11-21(12-9-20)29-16-6-5-7-24(29)30;/h8-13,17H,4-7,14-16,18H2,1-3H3,(H2,26,27,28);1H. The lowest BCUT2D eigenvalue weighted by Gasteiger charge is -2.26. The number of guanidine groups is 1. The van der Waals surface area contributed by atoms with E-state index in [0.29, 0.717) is 13.0 Å². The van der Waals surface area contributed by atoms with Crippen LogP contribution in [0.15, 0.2) is 47.5 Å². The molecule has 0 aromatic heterocycles. The first-order chi connectivity index (χ1) is 15.6. The number of carbonyl (C=O) groups is 1. The predicted octanol–water partition coefficient (Wildman–Crippen LogP) is 4.14. The van der Waals surface area contributed by atoms with E-state index >= 15 is 0 Å². The summed E-state index contributed by atoms with van der Waals surface area (Å²) >= 11 is 0. The van der Waals surface area contributed by atoms with Crippen LogP contribution in [0.2, 0.25) is 0 Å². The van der Waals surface area contributed by atoms with Crippen molar-refractivity contribution in [3.05, 3.63) is 53.6 Å². The summed E-state index contributed by atoms with van der Waals surface area (Å²) in [5, 5.41) is 6.68. The average Bonchev–Trinajstić information content (AvgIpc) is 2.83. The quantitative estimate of drug-likeness (QED) is 0.271. The number of rotatable bonds is 9. The van der Waals surface area contributed by atoms with Crippen molar-refractivity contribution < 1.29 is 14.3 Å². The van der Waals surface area contributed by atoms with Gasteiger partial charge in [-0.25, -0.2) is 4.99 Å². The van der Waals surface area contributed by atoms with Crippen molar-refractivity contribution >= 4 is 41.5 Å². The molecule has 1 aliphatic rings. The molecule has 2 aromatic rings. The maximum Gasteiger partial charge on any atom is 0.226 e. The number of amides is 1. The van der Waals surface area contributed by atoms with Crippen molar-refractivity contribution in [1.29, 1.82) is 0 Å². The number of hydrogen-bond donors (Lipinski definition) is 2. The Kier molecular flexibility index (Phi) is 11.3. The second-order valence-electron chi connectivity index (χ2n) is 7.73. The molecule has 1 fully saturated rings. The molecule has 0 aliphatic carbocycles. The van der Waals surface area contributed by atoms with Crippen molar-refractivity contribution in [3.63, 3.8) is 0 Å². The first-order valence-electron chi connectivity index (χ1n) is 11.3. The van der Waals surface area contributed by atoms with Gasteiger partial charge in [-0.3, -0.25) is 4.79 Å². The largest absolute Gasteiger partial charge is 0.493 e. The predicted molar refractivity (Wildman–Crippen MR) is 144 cm³/mol. The lowest BCUT2D eigenvalue weighted by Crippen LogP contribution is -2.38. The van der Waals surface area contributed by atoms with E-state index in [2.05, 4.69) is 17.6 Å². The van der Waals surface area contributed by atoms with E-state index in [4.69, 9.17) is 14.5 Å². The highest BCUT2D eigenvalue weighted by Crippen LogP contribution is 2.27. The first kappa shape index (κ1) is 26.8. The zero-order chi connectivity index (χ0) is 22.8. The number of benzene rings is 2. The molecular weight excluding hydrogens is 531 g/mol. The molecule has 0 unspecified atom stereocenters. The zero-order valence-electron chi connectivity index (χ0n) is 19.7. The summed E-state index contributed by atoms with van der Waals surface area (Å²) < 4.78 is 10.7. The highest BCUT2D eigenvalue weighted by atomic mass is 127. The Bertz CT molecular complexity index is 918. The van der Waals surface area contributed by atoms with Crippen LogP contribution in [0.5, 0.6) is 11.5 Å². The van der Waals surface area contributed by atoms with Crippen LogP contribution in [0, 0.1) is 0 Å². The molecule has 0 radical (unpaired) electrons. The summed E-state index contributed by atoms with van der Waals surface area (Å²) in [6.07, 6.45) is 3.55. The van der Waals surface area contributed by atoms with Gasteiger partial charge >= 0.3 is 0 Å². The molecule has 1 aliphatic heterocycles. The van der Waals surface area contributed by atoms with Gasteiger partial charge in [-0.05, 0) is 61.6 Å². The van der Waals surface area contributed by atoms with Crippen molar-refractivity contribution in [3.8, 4) is 11.5 Å². The second-order valence-corrected chi connectivity index (χ2v) is 7.73. The number of aliphatic imine (C=N–C) groups is 1. The molecule has 1 heterocycles. The molecule has 1 amide bonds. The molecule has 33 heavy (non-hydrogen) atoms. The van der Waals surface area contributed by atoms with Crippen molar-refractivity contribution in [1.82, 2.24) is 10.6 Å². The second kappa shape index (κ2) is 13.9. The van der Waals surface area contributed by atoms with Gasteiger partial charge in [0, 0.05) is 31.7 Å². The van der Waals surface area contributed by atoms with Crippen LogP contribution in [0.3, 0.4) is 0 Å². The molecule has 1 saturated heterocycles. The van der Waals surface area contributed by atoms with Gasteiger partial charge < -0.3 is 25.0 Å². The van der Waals surface area contributed by atoms with Gasteiger partial charge in [-0.2, -0.15) is 0 Å². The van der Waals surface area contributed by atoms with Crippen LogP contribution in [-0.2, 0) is 17.8 Å². The highest BCUT2D eigenvalue weighted by Gasteiger charge is 2.19. The van der Waals surface area contributed by atoms with Gasteiger partial charge in [-0.15, -0.1) is 24.0 Å². The van der Waals surface area contributed by atoms with Crippen molar-refractivity contribution in [2.75, 3.05) is 38.8 Å². The molecule has 0 bridgehead atoms. The van der Waals surface area contributed by atoms with Crippen LogP contribution in [0.1, 0.15) is 37.3 Å². The lowest BCUT2D eigenvalue weighted by atomic mass is 10.1. The van der Waals surface area contributed by atoms with Crippen LogP contribution in [0.25, 0.3) is 0 Å². The third-order valence-electron chi connectivity index (χ3n) is 5.49. The summed E-state index contributed by atoms with van der Waals surface area (Å²) in [5.74, 6) is 2.47. The van der Waals surface area contributed by atoms with Gasteiger partial charge in [0.15, 0.2) is 17.5 Å². The van der Waals surface area contributed by atoms with Gasteiger partial charge in [-0.1, -0.05) is 18.2 Å². The van der Waals surface area contributed by atoms with Crippen LogP contribution in [-0.4, -0.2) is 45.7 Å². The van der Waals surface area contributed by atoms with Gasteiger partial charge in [0.25, 0.3) is 0 Å². The van der Waals surface area contributed by atoms with E-state index in [0.717, 1.165) is 73.2 Å². The Hall–Kier alpha value is -2.49. The van der Waals surface area contributed by atoms with Crippen LogP contribution >= 0.6 is 24.0 Å². The normalized spacial score (nSPS) is 13.8. The number of nitrogens with one attached hydrogen (secondary N) is 2. The van der Waals surface area contributed by atoms with E-state index in [1.807, 2.05) is 47.4 Å². The van der Waals surface area contributed by atoms with Crippen molar-refractivity contribution in [2.24, 2.45) is 4.99 Å². The lowest BCUT2D eigenvalue weighted by molar-refractivity contribution is -0.119. The third-order valence-corrected chi connectivity index (χ3v) is 5.49. The third kappa shape index (κ3) is 7.80. The SMILES string of the molecule is CCNC(=NCc1ccc(N2CCCCC2=O)cc1)NCCc1ccc(OC)c(OC)c1.I. The number of hydrogen-bond acceptors (Lipinski definition) is 4. The Morgan fingerprint density at radius 3 is 2.39 bits per heavy atom. The fourth-order valence-corrected chi connectivity index (χ4v) is 3.73. The Labute approximate surface area is 214 Å². The number of carbonyl (C=O) groups excluding carboxylic acids is 1. The molecule has 3 rings (SSSR count). The average molecular weight is 566 g/mol. The minimum atomic E-state index is 0. The Balaban J connectivity index is 0.00000385. The van der Waals surface area contributed by atoms with Crippen LogP contribution < -0.4 is 25.0 Å². The summed E-state index contributed by atoms with van der Waals surface area (Å²) in [7, 11) is 3.28. The number of nitrogens with zero attached hydrogens (tertiary/aromatic N) is 2. The Morgan fingerprint density at radius 1 is 1.00 bits per heavy atom. The minimum absolute atomic E-state index is 0. The molecule has 2 aromatic carbocycles. The van der Waals surface area contributed by atoms with Crippen LogP contribution in [0.4, 0.5) is 5.69 Å². The summed E-state index contributed by atoms with van der Waals surface area (Å²) in [4.78, 5) is 18.7. The van der Waals surface area contributed by atoms with Gasteiger partial charge in [0.05, 0.1) is 20.8 Å². The molecule has 0 atom stereocenters. The minimum Gasteiger partial charge on any atom is -0.493 e. The Morgan fingerprint density at radius 2 is 1.73 bits per heavy atom. The number of anilines is 1. The summed E-state index contributed by atoms with van der Waals surface area (Å²) in [6.45, 7) is 4.97. The van der Waals surface area contributed by atoms with Gasteiger partial charge in [0.1, 0.15) is 0 Å². The topological polar surface area (TPSA) is 75.2 Å². The fraction of sp³-hybridized carbons (Fsp3) is 0.440. The van der Waals surface area contributed by atoms with E-state index < -0.39 is 0 Å². The molecule has 0 spiro atoms.